The first-order chi connectivity index (χ1) is 13.6. The van der Waals surface area contributed by atoms with Gasteiger partial charge in [0, 0.05) is 13.1 Å². The lowest BCUT2D eigenvalue weighted by molar-refractivity contribution is 0.0601. The third kappa shape index (κ3) is 4.75. The van der Waals surface area contributed by atoms with Crippen molar-refractivity contribution in [3.05, 3.63) is 70.9 Å². The number of carbonyl (C=O) groups is 1. The second-order valence-corrected chi connectivity index (χ2v) is 6.36. The summed E-state index contributed by atoms with van der Waals surface area (Å²) in [6, 6.07) is 14.9. The number of halogens is 1. The summed E-state index contributed by atoms with van der Waals surface area (Å²) in [4.78, 5) is 18.3. The van der Waals surface area contributed by atoms with E-state index in [9.17, 15) is 4.79 Å². The average molecular weight is 398 g/mol. The summed E-state index contributed by atoms with van der Waals surface area (Å²) < 4.78 is 4.75. The molecule has 1 N–H and O–H groups in total. The van der Waals surface area contributed by atoms with Crippen LogP contribution < -0.4 is 10.2 Å². The van der Waals surface area contributed by atoms with Crippen molar-refractivity contribution in [3.63, 3.8) is 0 Å². The van der Waals surface area contributed by atoms with Gasteiger partial charge < -0.3 is 15.0 Å². The monoisotopic (exact) mass is 397 g/mol. The SMILES string of the molecule is CCN(Cc1ccccc1)c1nncc(Nc2cc(C(=O)OC)ccc2Cl)n1. The summed E-state index contributed by atoms with van der Waals surface area (Å²) in [6.07, 6.45) is 1.50. The zero-order valence-corrected chi connectivity index (χ0v) is 16.3. The molecule has 0 aliphatic carbocycles. The number of hydrogen-bond donors (Lipinski definition) is 1. The molecule has 0 atom stereocenters. The molecule has 2 aromatic carbocycles. The minimum absolute atomic E-state index is 0.385. The van der Waals surface area contributed by atoms with Crippen molar-refractivity contribution in [1.29, 1.82) is 0 Å². The predicted octanol–water partition coefficient (Wildman–Crippen LogP) is 4.08. The van der Waals surface area contributed by atoms with E-state index in [1.54, 1.807) is 18.2 Å². The summed E-state index contributed by atoms with van der Waals surface area (Å²) in [7, 11) is 1.33. The predicted molar refractivity (Wildman–Crippen MR) is 109 cm³/mol. The first-order valence-electron chi connectivity index (χ1n) is 8.74. The molecule has 7 nitrogen and oxygen atoms in total. The number of rotatable bonds is 7. The maximum atomic E-state index is 11.7. The van der Waals surface area contributed by atoms with Crippen molar-refractivity contribution in [2.75, 3.05) is 23.9 Å². The Balaban J connectivity index is 1.82. The van der Waals surface area contributed by atoms with Gasteiger partial charge in [0.2, 0.25) is 5.95 Å². The molecule has 0 radical (unpaired) electrons. The van der Waals surface area contributed by atoms with Crippen LogP contribution in [0.4, 0.5) is 17.5 Å². The van der Waals surface area contributed by atoms with Crippen LogP contribution in [-0.4, -0.2) is 34.8 Å². The Kier molecular flexibility index (Phi) is 6.39. The Morgan fingerprint density at radius 3 is 2.71 bits per heavy atom. The van der Waals surface area contributed by atoms with Crippen molar-refractivity contribution in [1.82, 2.24) is 15.2 Å². The van der Waals surface area contributed by atoms with Gasteiger partial charge in [-0.05, 0) is 30.7 Å². The Labute approximate surface area is 168 Å². The topological polar surface area (TPSA) is 80.2 Å². The number of anilines is 3. The summed E-state index contributed by atoms with van der Waals surface area (Å²) in [5.74, 6) is 0.526. The van der Waals surface area contributed by atoms with E-state index in [2.05, 4.69) is 32.6 Å². The van der Waals surface area contributed by atoms with E-state index in [1.807, 2.05) is 30.0 Å². The zero-order valence-electron chi connectivity index (χ0n) is 15.6. The molecule has 0 aliphatic rings. The number of ether oxygens (including phenoxy) is 1. The summed E-state index contributed by atoms with van der Waals surface area (Å²) in [5, 5.41) is 11.7. The maximum Gasteiger partial charge on any atom is 0.337 e. The molecular formula is C20H20ClN5O2. The number of esters is 1. The molecular weight excluding hydrogens is 378 g/mol. The highest BCUT2D eigenvalue weighted by atomic mass is 35.5. The molecule has 0 spiro atoms. The number of nitrogens with one attached hydrogen (secondary N) is 1. The number of carbonyl (C=O) groups excluding carboxylic acids is 1. The number of hydrogen-bond acceptors (Lipinski definition) is 7. The first-order valence-corrected chi connectivity index (χ1v) is 9.12. The minimum Gasteiger partial charge on any atom is -0.465 e. The van der Waals surface area contributed by atoms with Gasteiger partial charge in [-0.1, -0.05) is 41.9 Å². The van der Waals surface area contributed by atoms with E-state index >= 15 is 0 Å². The largest absolute Gasteiger partial charge is 0.465 e. The van der Waals surface area contributed by atoms with Crippen molar-refractivity contribution < 1.29 is 9.53 Å². The van der Waals surface area contributed by atoms with Crippen molar-refractivity contribution in [2.45, 2.75) is 13.5 Å². The summed E-state index contributed by atoms with van der Waals surface area (Å²) in [6.45, 7) is 3.42. The van der Waals surface area contributed by atoms with Crippen LogP contribution in [-0.2, 0) is 11.3 Å². The Bertz CT molecular complexity index is 952. The maximum absolute atomic E-state index is 11.7. The van der Waals surface area contributed by atoms with Crippen LogP contribution in [0.15, 0.2) is 54.7 Å². The van der Waals surface area contributed by atoms with Crippen LogP contribution in [0.3, 0.4) is 0 Å². The molecule has 0 unspecified atom stereocenters. The third-order valence-corrected chi connectivity index (χ3v) is 4.41. The molecule has 0 saturated heterocycles. The van der Waals surface area contributed by atoms with Crippen LogP contribution >= 0.6 is 11.6 Å². The van der Waals surface area contributed by atoms with Crippen LogP contribution in [0.25, 0.3) is 0 Å². The number of aromatic nitrogens is 3. The average Bonchev–Trinajstić information content (AvgIpc) is 2.74. The fourth-order valence-electron chi connectivity index (χ4n) is 2.62. The smallest absolute Gasteiger partial charge is 0.337 e. The number of methoxy groups -OCH3 is 1. The Hall–Kier alpha value is -3.19. The molecule has 3 aromatic rings. The van der Waals surface area contributed by atoms with Crippen molar-refractivity contribution in [3.8, 4) is 0 Å². The highest BCUT2D eigenvalue weighted by Crippen LogP contribution is 2.26. The molecule has 28 heavy (non-hydrogen) atoms. The highest BCUT2D eigenvalue weighted by molar-refractivity contribution is 6.33. The van der Waals surface area contributed by atoms with Gasteiger partial charge in [-0.15, -0.1) is 5.10 Å². The van der Waals surface area contributed by atoms with E-state index in [0.717, 1.165) is 12.1 Å². The van der Waals surface area contributed by atoms with E-state index in [1.165, 1.54) is 13.3 Å². The molecule has 0 bridgehead atoms. The molecule has 0 saturated carbocycles. The second-order valence-electron chi connectivity index (χ2n) is 5.95. The van der Waals surface area contributed by atoms with Gasteiger partial charge in [-0.2, -0.15) is 10.1 Å². The quantitative estimate of drug-likeness (QED) is 0.601. The van der Waals surface area contributed by atoms with Crippen molar-refractivity contribution in [2.24, 2.45) is 0 Å². The van der Waals surface area contributed by atoms with Crippen molar-refractivity contribution >= 4 is 35.0 Å². The normalized spacial score (nSPS) is 10.4. The molecule has 3 rings (SSSR count). The van der Waals surface area contributed by atoms with Crippen LogP contribution in [0, 0.1) is 0 Å². The van der Waals surface area contributed by atoms with Gasteiger partial charge in [0.1, 0.15) is 0 Å². The molecule has 0 fully saturated rings. The fraction of sp³-hybridized carbons (Fsp3) is 0.200. The van der Waals surface area contributed by atoms with Crippen LogP contribution in [0.5, 0.6) is 0 Å². The lowest BCUT2D eigenvalue weighted by Crippen LogP contribution is -2.24. The minimum atomic E-state index is -0.443. The number of nitrogens with zero attached hydrogens (tertiary/aromatic N) is 4. The zero-order chi connectivity index (χ0) is 19.9. The Morgan fingerprint density at radius 1 is 1.21 bits per heavy atom. The van der Waals surface area contributed by atoms with E-state index in [0.29, 0.717) is 34.6 Å². The molecule has 1 heterocycles. The van der Waals surface area contributed by atoms with E-state index in [4.69, 9.17) is 16.3 Å². The second kappa shape index (κ2) is 9.14. The molecule has 144 valence electrons. The summed E-state index contributed by atoms with van der Waals surface area (Å²) >= 11 is 6.24. The lowest BCUT2D eigenvalue weighted by atomic mass is 10.2. The van der Waals surface area contributed by atoms with Gasteiger partial charge in [0.15, 0.2) is 5.82 Å². The number of benzene rings is 2. The van der Waals surface area contributed by atoms with Gasteiger partial charge in [-0.25, -0.2) is 4.79 Å². The summed E-state index contributed by atoms with van der Waals surface area (Å²) in [5.41, 5.74) is 2.07. The highest BCUT2D eigenvalue weighted by Gasteiger charge is 2.13. The Morgan fingerprint density at radius 2 is 2.00 bits per heavy atom. The fourth-order valence-corrected chi connectivity index (χ4v) is 2.78. The van der Waals surface area contributed by atoms with Crippen LogP contribution in [0.1, 0.15) is 22.8 Å². The van der Waals surface area contributed by atoms with Gasteiger partial charge in [-0.3, -0.25) is 0 Å². The van der Waals surface area contributed by atoms with E-state index in [-0.39, 0.29) is 0 Å². The third-order valence-electron chi connectivity index (χ3n) is 4.08. The molecule has 8 heteroatoms. The van der Waals surface area contributed by atoms with Gasteiger partial charge >= 0.3 is 5.97 Å². The van der Waals surface area contributed by atoms with Crippen LogP contribution in [0.2, 0.25) is 5.02 Å². The standard InChI is InChI=1S/C20H20ClN5O2/c1-3-26(13-14-7-5-4-6-8-14)20-24-18(12-22-25-20)23-17-11-15(19(27)28-2)9-10-16(17)21/h4-12H,3,13H2,1-2H3,(H,23,24,25). The molecule has 0 amide bonds. The van der Waals surface area contributed by atoms with E-state index < -0.39 is 5.97 Å². The molecule has 1 aromatic heterocycles. The first kappa shape index (κ1) is 19.6. The van der Waals surface area contributed by atoms with Gasteiger partial charge in [0.25, 0.3) is 0 Å². The van der Waals surface area contributed by atoms with Gasteiger partial charge in [0.05, 0.1) is 29.6 Å². The molecule has 0 aliphatic heterocycles. The lowest BCUT2D eigenvalue weighted by Gasteiger charge is -2.20.